The van der Waals surface area contributed by atoms with E-state index < -0.39 is 0 Å². The van der Waals surface area contributed by atoms with Crippen molar-refractivity contribution in [2.24, 2.45) is 10.9 Å². The Labute approximate surface area is 197 Å². The van der Waals surface area contributed by atoms with E-state index >= 15 is 0 Å². The van der Waals surface area contributed by atoms with E-state index in [-0.39, 0.29) is 24.0 Å². The Morgan fingerprint density at radius 3 is 2.50 bits per heavy atom. The molecule has 2 N–H and O–H groups in total. The summed E-state index contributed by atoms with van der Waals surface area (Å²) in [7, 11) is 1.80. The van der Waals surface area contributed by atoms with Crippen LogP contribution in [0.2, 0.25) is 0 Å². The summed E-state index contributed by atoms with van der Waals surface area (Å²) in [6.07, 6.45) is 2.11. The number of ether oxygens (including phenoxy) is 2. The minimum absolute atomic E-state index is 0. The quantitative estimate of drug-likeness (QED) is 0.305. The van der Waals surface area contributed by atoms with Crippen molar-refractivity contribution >= 4 is 29.9 Å². The molecule has 1 aliphatic heterocycles. The molecule has 1 atom stereocenters. The highest BCUT2D eigenvalue weighted by Crippen LogP contribution is 2.22. The molecule has 2 aromatic rings. The van der Waals surface area contributed by atoms with Crippen molar-refractivity contribution in [3.05, 3.63) is 64.7 Å². The van der Waals surface area contributed by atoms with Crippen molar-refractivity contribution in [1.29, 1.82) is 0 Å². The van der Waals surface area contributed by atoms with Gasteiger partial charge in [-0.1, -0.05) is 43.3 Å². The maximum absolute atomic E-state index is 6.15. The van der Waals surface area contributed by atoms with Crippen LogP contribution in [0.3, 0.4) is 0 Å². The number of benzene rings is 2. The molecule has 1 aliphatic rings. The summed E-state index contributed by atoms with van der Waals surface area (Å²) < 4.78 is 11.6. The van der Waals surface area contributed by atoms with Gasteiger partial charge in [0.15, 0.2) is 5.96 Å². The molecule has 0 aliphatic carbocycles. The van der Waals surface area contributed by atoms with Gasteiger partial charge in [0.05, 0.1) is 13.2 Å². The maximum atomic E-state index is 6.15. The number of halogens is 1. The van der Waals surface area contributed by atoms with Crippen molar-refractivity contribution in [1.82, 2.24) is 10.6 Å². The van der Waals surface area contributed by atoms with Crippen LogP contribution in [0.1, 0.15) is 35.6 Å². The fourth-order valence-electron chi connectivity index (χ4n) is 3.52. The molecule has 0 amide bonds. The highest BCUT2D eigenvalue weighted by molar-refractivity contribution is 14.0. The minimum Gasteiger partial charge on any atom is -0.493 e. The maximum Gasteiger partial charge on any atom is 0.191 e. The highest BCUT2D eigenvalue weighted by Gasteiger charge is 2.17. The van der Waals surface area contributed by atoms with E-state index in [1.807, 2.05) is 0 Å². The lowest BCUT2D eigenvalue weighted by Gasteiger charge is -2.17. The van der Waals surface area contributed by atoms with Crippen LogP contribution in [0.25, 0.3) is 0 Å². The van der Waals surface area contributed by atoms with Crippen LogP contribution in [0.5, 0.6) is 5.75 Å². The number of hydrogen-bond acceptors (Lipinski definition) is 3. The van der Waals surface area contributed by atoms with Crippen LogP contribution in [-0.2, 0) is 24.2 Å². The summed E-state index contributed by atoms with van der Waals surface area (Å²) in [6, 6.07) is 14.9. The molecule has 0 bridgehead atoms. The zero-order valence-corrected chi connectivity index (χ0v) is 20.6. The molecular weight excluding hydrogens is 489 g/mol. The van der Waals surface area contributed by atoms with E-state index in [1.165, 1.54) is 16.7 Å². The second kappa shape index (κ2) is 12.8. The molecule has 1 unspecified atom stereocenters. The topological polar surface area (TPSA) is 54.9 Å². The van der Waals surface area contributed by atoms with Gasteiger partial charge in [-0.25, -0.2) is 0 Å². The van der Waals surface area contributed by atoms with Crippen LogP contribution in [0.15, 0.2) is 47.5 Å². The summed E-state index contributed by atoms with van der Waals surface area (Å²) in [5.74, 6) is 2.21. The van der Waals surface area contributed by atoms with Gasteiger partial charge in [0.2, 0.25) is 0 Å². The fourth-order valence-corrected chi connectivity index (χ4v) is 3.52. The molecule has 5 nitrogen and oxygen atoms in total. The van der Waals surface area contributed by atoms with Crippen molar-refractivity contribution < 1.29 is 9.47 Å². The van der Waals surface area contributed by atoms with Gasteiger partial charge >= 0.3 is 0 Å². The van der Waals surface area contributed by atoms with E-state index in [0.717, 1.165) is 49.9 Å². The molecule has 2 aromatic carbocycles. The van der Waals surface area contributed by atoms with Gasteiger partial charge in [0, 0.05) is 38.2 Å². The molecule has 0 spiro atoms. The van der Waals surface area contributed by atoms with Crippen LogP contribution in [0, 0.1) is 12.8 Å². The summed E-state index contributed by atoms with van der Waals surface area (Å²) in [5, 5.41) is 6.84. The highest BCUT2D eigenvalue weighted by atomic mass is 127. The monoisotopic (exact) mass is 523 g/mol. The van der Waals surface area contributed by atoms with Gasteiger partial charge in [-0.3, -0.25) is 4.99 Å². The summed E-state index contributed by atoms with van der Waals surface area (Å²) >= 11 is 0. The molecule has 6 heteroatoms. The fraction of sp³-hybridized carbons (Fsp3) is 0.458. The normalized spacial score (nSPS) is 16.1. The lowest BCUT2D eigenvalue weighted by molar-refractivity contribution is 0.166. The lowest BCUT2D eigenvalue weighted by Crippen LogP contribution is -2.36. The van der Waals surface area contributed by atoms with Gasteiger partial charge in [-0.15, -0.1) is 24.0 Å². The van der Waals surface area contributed by atoms with E-state index in [0.29, 0.717) is 19.1 Å². The van der Waals surface area contributed by atoms with Crippen LogP contribution in [0.4, 0.5) is 0 Å². The lowest BCUT2D eigenvalue weighted by atomic mass is 10.1. The molecular formula is C24H34IN3O2. The Kier molecular flexibility index (Phi) is 10.4. The van der Waals surface area contributed by atoms with E-state index in [2.05, 4.69) is 71.9 Å². The standard InChI is InChI=1S/C24H33N3O2.HI/c1-4-20-7-5-6-8-21(20)14-26-24(25-3)27-15-22-10-9-18(2)13-23(22)29-17-19-11-12-28-16-19;/h5-10,13,19H,4,11-12,14-17H2,1-3H3,(H2,25,26,27);1H. The SMILES string of the molecule is CCc1ccccc1CNC(=NC)NCc1ccc(C)cc1OCC1CCOC1.I. The van der Waals surface area contributed by atoms with Crippen LogP contribution >= 0.6 is 24.0 Å². The van der Waals surface area contributed by atoms with Crippen molar-refractivity contribution in [2.75, 3.05) is 26.9 Å². The first-order valence-electron chi connectivity index (χ1n) is 10.5. The number of aliphatic imine (C=N–C) groups is 1. The van der Waals surface area contributed by atoms with Crippen molar-refractivity contribution in [3.63, 3.8) is 0 Å². The first kappa shape index (κ1) is 24.5. The van der Waals surface area contributed by atoms with Gasteiger partial charge in [0.25, 0.3) is 0 Å². The molecule has 0 saturated carbocycles. The van der Waals surface area contributed by atoms with Gasteiger partial charge in [-0.2, -0.15) is 0 Å². The minimum atomic E-state index is 0. The number of hydrogen-bond donors (Lipinski definition) is 2. The third kappa shape index (κ3) is 7.16. The van der Waals surface area contributed by atoms with E-state index in [4.69, 9.17) is 9.47 Å². The molecule has 0 radical (unpaired) electrons. The Balaban J connectivity index is 0.00000320. The smallest absolute Gasteiger partial charge is 0.191 e. The molecule has 3 rings (SSSR count). The average Bonchev–Trinajstić information content (AvgIpc) is 3.27. The first-order valence-corrected chi connectivity index (χ1v) is 10.5. The Morgan fingerprint density at radius 2 is 1.83 bits per heavy atom. The second-order valence-electron chi connectivity index (χ2n) is 7.55. The van der Waals surface area contributed by atoms with Crippen LogP contribution < -0.4 is 15.4 Å². The third-order valence-electron chi connectivity index (χ3n) is 5.34. The Bertz CT molecular complexity index is 820. The predicted octanol–water partition coefficient (Wildman–Crippen LogP) is 4.46. The summed E-state index contributed by atoms with van der Waals surface area (Å²) in [4.78, 5) is 4.37. The predicted molar refractivity (Wildman–Crippen MR) is 134 cm³/mol. The summed E-state index contributed by atoms with van der Waals surface area (Å²) in [5.41, 5.74) is 4.99. The number of guanidine groups is 1. The van der Waals surface area contributed by atoms with Crippen molar-refractivity contribution in [2.45, 2.75) is 39.8 Å². The molecule has 30 heavy (non-hydrogen) atoms. The molecule has 1 heterocycles. The molecule has 1 saturated heterocycles. The number of rotatable bonds is 8. The van der Waals surface area contributed by atoms with Crippen LogP contribution in [-0.4, -0.2) is 32.8 Å². The molecule has 164 valence electrons. The number of nitrogens with one attached hydrogen (secondary N) is 2. The van der Waals surface area contributed by atoms with Gasteiger partial charge in [0.1, 0.15) is 5.75 Å². The second-order valence-corrected chi connectivity index (χ2v) is 7.55. The van der Waals surface area contributed by atoms with Crippen molar-refractivity contribution in [3.8, 4) is 5.75 Å². The van der Waals surface area contributed by atoms with E-state index in [1.54, 1.807) is 7.05 Å². The Morgan fingerprint density at radius 1 is 1.10 bits per heavy atom. The summed E-state index contributed by atoms with van der Waals surface area (Å²) in [6.45, 7) is 8.04. The van der Waals surface area contributed by atoms with E-state index in [9.17, 15) is 0 Å². The molecule has 1 fully saturated rings. The largest absolute Gasteiger partial charge is 0.493 e. The Hall–Kier alpha value is -1.80. The number of nitrogens with zero attached hydrogens (tertiary/aromatic N) is 1. The third-order valence-corrected chi connectivity index (χ3v) is 5.34. The zero-order valence-electron chi connectivity index (χ0n) is 18.2. The van der Waals surface area contributed by atoms with Gasteiger partial charge in [-0.05, 0) is 42.5 Å². The average molecular weight is 523 g/mol. The first-order chi connectivity index (χ1) is 14.2. The van der Waals surface area contributed by atoms with Gasteiger partial charge < -0.3 is 20.1 Å². The zero-order chi connectivity index (χ0) is 20.5. The molecule has 0 aromatic heterocycles. The number of aryl methyl sites for hydroxylation is 2.